The lowest BCUT2D eigenvalue weighted by molar-refractivity contribution is 0.102. The zero-order valence-corrected chi connectivity index (χ0v) is 20.9. The number of nitrogens with two attached hydrogens (primary N) is 1. The van der Waals surface area contributed by atoms with Gasteiger partial charge >= 0.3 is 0 Å². The minimum Gasteiger partial charge on any atom is -0.385 e. The molecule has 0 radical (unpaired) electrons. The van der Waals surface area contributed by atoms with Crippen molar-refractivity contribution in [3.05, 3.63) is 77.0 Å². The molecule has 37 heavy (non-hydrogen) atoms. The number of carbonyl (C=O) groups is 1. The molecule has 1 aliphatic carbocycles. The number of anilines is 1. The van der Waals surface area contributed by atoms with Crippen molar-refractivity contribution in [3.8, 4) is 11.3 Å². The van der Waals surface area contributed by atoms with Crippen LogP contribution in [0, 0.1) is 23.4 Å². The van der Waals surface area contributed by atoms with Crippen LogP contribution in [0.5, 0.6) is 0 Å². The normalized spacial score (nSPS) is 19.6. The van der Waals surface area contributed by atoms with E-state index in [4.69, 9.17) is 10.5 Å². The van der Waals surface area contributed by atoms with E-state index < -0.39 is 34.6 Å². The summed E-state index contributed by atoms with van der Waals surface area (Å²) in [7, 11) is 1.54. The molecule has 0 aliphatic heterocycles. The smallest absolute Gasteiger partial charge is 0.274 e. The number of amides is 1. The fourth-order valence-corrected chi connectivity index (χ4v) is 5.12. The minimum atomic E-state index is -0.950. The fraction of sp³-hybridized carbons (Fsp3) is 0.393. The fourth-order valence-electron chi connectivity index (χ4n) is 5.12. The van der Waals surface area contributed by atoms with Crippen molar-refractivity contribution >= 4 is 11.6 Å². The molecular formula is C28H31F3N4O2. The zero-order valence-electron chi connectivity index (χ0n) is 20.9. The third-order valence-electron chi connectivity index (χ3n) is 6.75. The predicted octanol–water partition coefficient (Wildman–Crippen LogP) is 5.62. The van der Waals surface area contributed by atoms with Gasteiger partial charge in [-0.1, -0.05) is 6.92 Å². The Morgan fingerprint density at radius 1 is 1.11 bits per heavy atom. The molecule has 6 nitrogen and oxygen atoms in total. The summed E-state index contributed by atoms with van der Waals surface area (Å²) in [5, 5.41) is 2.79. The first-order valence-corrected chi connectivity index (χ1v) is 12.4. The number of rotatable bonds is 8. The van der Waals surface area contributed by atoms with Crippen LogP contribution < -0.4 is 11.1 Å². The average Bonchev–Trinajstić information content (AvgIpc) is 2.84. The first-order valence-electron chi connectivity index (χ1n) is 12.4. The van der Waals surface area contributed by atoms with Crippen molar-refractivity contribution < 1.29 is 22.7 Å². The minimum absolute atomic E-state index is 0.0722. The van der Waals surface area contributed by atoms with Crippen LogP contribution in [0.1, 0.15) is 60.1 Å². The zero-order chi connectivity index (χ0) is 26.5. The highest BCUT2D eigenvalue weighted by molar-refractivity contribution is 6.03. The number of nitrogens with zero attached hydrogens (tertiary/aromatic N) is 2. The number of halogens is 3. The molecule has 196 valence electrons. The molecule has 1 saturated carbocycles. The van der Waals surface area contributed by atoms with Crippen LogP contribution in [-0.4, -0.2) is 35.6 Å². The van der Waals surface area contributed by atoms with E-state index in [-0.39, 0.29) is 17.7 Å². The van der Waals surface area contributed by atoms with E-state index in [0.29, 0.717) is 36.6 Å². The van der Waals surface area contributed by atoms with Crippen molar-refractivity contribution in [2.75, 3.05) is 19.0 Å². The van der Waals surface area contributed by atoms with Gasteiger partial charge in [0.05, 0.1) is 17.4 Å². The summed E-state index contributed by atoms with van der Waals surface area (Å²) in [6, 6.07) is 6.39. The third-order valence-corrected chi connectivity index (χ3v) is 6.75. The van der Waals surface area contributed by atoms with Gasteiger partial charge in [0.1, 0.15) is 28.8 Å². The molecule has 0 bridgehead atoms. The number of pyridine rings is 2. The second-order valence-corrected chi connectivity index (χ2v) is 9.74. The van der Waals surface area contributed by atoms with Crippen molar-refractivity contribution in [2.24, 2.45) is 11.7 Å². The first kappa shape index (κ1) is 26.8. The molecule has 1 aliphatic rings. The number of aromatic nitrogens is 2. The van der Waals surface area contributed by atoms with Gasteiger partial charge in [-0.15, -0.1) is 0 Å². The number of hydrogen-bond donors (Lipinski definition) is 2. The Morgan fingerprint density at radius 3 is 2.57 bits per heavy atom. The standard InChI is InChI=1S/C28H31F3N4O2/c1-16-10-18(14-19(32)11-16)20-7-8-33-15-25(20)35-28(36)24-6-5-21(29)27(34-24)26-22(30)12-17(13-23(26)31)4-3-9-37-2/h5-8,12-13,15-16,18-19H,3-4,9-11,14,32H2,1-2H3,(H,35,36)/t16-,18?,19?/m0/s1. The van der Waals surface area contributed by atoms with Gasteiger partial charge in [0.2, 0.25) is 0 Å². The summed E-state index contributed by atoms with van der Waals surface area (Å²) in [5.41, 5.74) is 6.71. The van der Waals surface area contributed by atoms with Crippen LogP contribution in [0.3, 0.4) is 0 Å². The second kappa shape index (κ2) is 11.8. The SMILES string of the molecule is COCCCc1cc(F)c(-c2nc(C(=O)Nc3cnccc3C3CC(N)C[C@@H](C)C3)ccc2F)c(F)c1. The van der Waals surface area contributed by atoms with E-state index in [0.717, 1.165) is 43.0 Å². The molecule has 3 atom stereocenters. The maximum atomic E-state index is 14.9. The number of aryl methyl sites for hydroxylation is 1. The number of benzene rings is 1. The van der Waals surface area contributed by atoms with Gasteiger partial charge < -0.3 is 15.8 Å². The number of carbonyl (C=O) groups excluding carboxylic acids is 1. The Bertz CT molecular complexity index is 1240. The number of nitrogens with one attached hydrogen (secondary N) is 1. The van der Waals surface area contributed by atoms with E-state index in [2.05, 4.69) is 22.2 Å². The molecule has 1 fully saturated rings. The molecule has 3 aromatic rings. The first-order chi connectivity index (χ1) is 17.8. The molecule has 4 rings (SSSR count). The Kier molecular flexibility index (Phi) is 8.56. The summed E-state index contributed by atoms with van der Waals surface area (Å²) < 4.78 is 49.4. The van der Waals surface area contributed by atoms with Gasteiger partial charge in [-0.2, -0.15) is 0 Å². The van der Waals surface area contributed by atoms with E-state index in [1.54, 1.807) is 19.5 Å². The lowest BCUT2D eigenvalue weighted by atomic mass is 9.76. The van der Waals surface area contributed by atoms with E-state index >= 15 is 0 Å². The maximum absolute atomic E-state index is 14.9. The van der Waals surface area contributed by atoms with Crippen LogP contribution in [0.15, 0.2) is 42.7 Å². The molecule has 9 heteroatoms. The number of methoxy groups -OCH3 is 1. The van der Waals surface area contributed by atoms with E-state index in [1.807, 2.05) is 6.07 Å². The summed E-state index contributed by atoms with van der Waals surface area (Å²) in [4.78, 5) is 21.2. The lowest BCUT2D eigenvalue weighted by Crippen LogP contribution is -2.31. The molecular weight excluding hydrogens is 481 g/mol. The van der Waals surface area contributed by atoms with Crippen LogP contribution >= 0.6 is 0 Å². The molecule has 0 spiro atoms. The van der Waals surface area contributed by atoms with E-state index in [9.17, 15) is 18.0 Å². The van der Waals surface area contributed by atoms with Crippen molar-refractivity contribution in [1.29, 1.82) is 0 Å². The second-order valence-electron chi connectivity index (χ2n) is 9.74. The lowest BCUT2D eigenvalue weighted by Gasteiger charge is -2.32. The van der Waals surface area contributed by atoms with Gasteiger partial charge in [-0.25, -0.2) is 18.2 Å². The predicted molar refractivity (Wildman–Crippen MR) is 136 cm³/mol. The van der Waals surface area contributed by atoms with Gasteiger partial charge in [-0.05, 0) is 85.4 Å². The highest BCUT2D eigenvalue weighted by atomic mass is 19.1. The monoisotopic (exact) mass is 512 g/mol. The van der Waals surface area contributed by atoms with Crippen molar-refractivity contribution in [2.45, 2.75) is 51.0 Å². The third kappa shape index (κ3) is 6.34. The van der Waals surface area contributed by atoms with Crippen molar-refractivity contribution in [1.82, 2.24) is 9.97 Å². The van der Waals surface area contributed by atoms with Crippen LogP contribution in [0.25, 0.3) is 11.3 Å². The topological polar surface area (TPSA) is 90.1 Å². The Morgan fingerprint density at radius 2 is 1.86 bits per heavy atom. The molecule has 2 heterocycles. The van der Waals surface area contributed by atoms with Gasteiger partial charge in [0.15, 0.2) is 0 Å². The molecule has 3 N–H and O–H groups in total. The number of ether oxygens (including phenoxy) is 1. The quantitative estimate of drug-likeness (QED) is 0.382. The molecule has 1 amide bonds. The highest BCUT2D eigenvalue weighted by Gasteiger charge is 2.28. The van der Waals surface area contributed by atoms with Crippen LogP contribution in [0.2, 0.25) is 0 Å². The molecule has 1 aromatic carbocycles. The van der Waals surface area contributed by atoms with Crippen LogP contribution in [0.4, 0.5) is 18.9 Å². The Balaban J connectivity index is 1.59. The summed E-state index contributed by atoms with van der Waals surface area (Å²) in [6.07, 6.45) is 6.86. The van der Waals surface area contributed by atoms with Gasteiger partial charge in [0, 0.05) is 26.0 Å². The number of hydrogen-bond acceptors (Lipinski definition) is 5. The molecule has 0 saturated heterocycles. The maximum Gasteiger partial charge on any atom is 0.274 e. The average molecular weight is 513 g/mol. The highest BCUT2D eigenvalue weighted by Crippen LogP contribution is 2.38. The van der Waals surface area contributed by atoms with Crippen LogP contribution in [-0.2, 0) is 11.2 Å². The molecule has 2 aromatic heterocycles. The van der Waals surface area contributed by atoms with E-state index in [1.165, 1.54) is 6.07 Å². The van der Waals surface area contributed by atoms with Gasteiger partial charge in [0.25, 0.3) is 5.91 Å². The summed E-state index contributed by atoms with van der Waals surface area (Å²) in [6.45, 7) is 2.60. The largest absolute Gasteiger partial charge is 0.385 e. The Hall–Kier alpha value is -3.30. The van der Waals surface area contributed by atoms with Gasteiger partial charge in [-0.3, -0.25) is 9.78 Å². The molecule has 2 unspecified atom stereocenters. The summed E-state index contributed by atoms with van der Waals surface area (Å²) in [5.74, 6) is -2.88. The van der Waals surface area contributed by atoms with Crippen molar-refractivity contribution in [3.63, 3.8) is 0 Å². The Labute approximate surface area is 214 Å². The summed E-state index contributed by atoms with van der Waals surface area (Å²) >= 11 is 0.